The number of nitrogens with one attached hydrogen (secondary N) is 1. The molecule has 1 aliphatic carbocycles. The van der Waals surface area contributed by atoms with Crippen molar-refractivity contribution in [2.45, 2.75) is 38.3 Å². The van der Waals surface area contributed by atoms with Crippen molar-refractivity contribution in [1.29, 1.82) is 0 Å². The SMILES string of the molecule is C[C@@H](C(=O)Nc1sc2c(c1C(N)=O)CCC2)N1CCN(C(=O)[C@@H]2COc3ccccc3O2)CC1. The number of nitrogens with zero attached hydrogens (tertiary/aromatic N) is 2. The van der Waals surface area contributed by atoms with E-state index in [2.05, 4.69) is 5.32 Å². The molecule has 1 fully saturated rings. The van der Waals surface area contributed by atoms with Crippen LogP contribution in [0.15, 0.2) is 24.3 Å². The van der Waals surface area contributed by atoms with Crippen LogP contribution in [0, 0.1) is 0 Å². The molecule has 3 N–H and O–H groups in total. The predicted molar refractivity (Wildman–Crippen MR) is 127 cm³/mol. The molecule has 1 saturated heterocycles. The van der Waals surface area contributed by atoms with Crippen LogP contribution in [-0.2, 0) is 22.4 Å². The van der Waals surface area contributed by atoms with Gasteiger partial charge < -0.3 is 25.4 Å². The molecule has 2 atom stereocenters. The first-order valence-electron chi connectivity index (χ1n) is 11.6. The van der Waals surface area contributed by atoms with E-state index in [-0.39, 0.29) is 18.4 Å². The smallest absolute Gasteiger partial charge is 0.267 e. The number of hydrogen-bond donors (Lipinski definition) is 2. The van der Waals surface area contributed by atoms with E-state index < -0.39 is 18.1 Å². The first kappa shape index (κ1) is 22.7. The molecule has 0 radical (unpaired) electrons. The maximum atomic E-state index is 13.0. The van der Waals surface area contributed by atoms with Gasteiger partial charge in [-0.2, -0.15) is 0 Å². The Balaban J connectivity index is 1.16. The number of para-hydroxylation sites is 2. The lowest BCUT2D eigenvalue weighted by atomic mass is 10.1. The average molecular weight is 485 g/mol. The number of aryl methyl sites for hydroxylation is 1. The molecule has 1 aromatic carbocycles. The first-order chi connectivity index (χ1) is 16.4. The Hall–Kier alpha value is -3.11. The van der Waals surface area contributed by atoms with Gasteiger partial charge in [0.05, 0.1) is 11.6 Å². The fraction of sp³-hybridized carbons (Fsp3) is 0.458. The molecule has 0 bridgehead atoms. The van der Waals surface area contributed by atoms with E-state index in [1.165, 1.54) is 11.3 Å². The summed E-state index contributed by atoms with van der Waals surface area (Å²) in [5.74, 6) is 0.442. The van der Waals surface area contributed by atoms with Gasteiger partial charge in [-0.3, -0.25) is 19.3 Å². The summed E-state index contributed by atoms with van der Waals surface area (Å²) in [6.07, 6.45) is 2.09. The van der Waals surface area contributed by atoms with Gasteiger partial charge in [-0.15, -0.1) is 11.3 Å². The number of rotatable bonds is 5. The molecule has 0 saturated carbocycles. The van der Waals surface area contributed by atoms with Crippen molar-refractivity contribution < 1.29 is 23.9 Å². The van der Waals surface area contributed by atoms with Gasteiger partial charge in [0.2, 0.25) is 12.0 Å². The third-order valence-electron chi connectivity index (χ3n) is 6.74. The maximum Gasteiger partial charge on any atom is 0.267 e. The topological polar surface area (TPSA) is 114 Å². The largest absolute Gasteiger partial charge is 0.485 e. The molecular weight excluding hydrogens is 456 g/mol. The Kier molecular flexibility index (Phi) is 6.18. The molecule has 1 aromatic heterocycles. The molecule has 9 nitrogen and oxygen atoms in total. The molecular formula is C24H28N4O5S. The van der Waals surface area contributed by atoms with Gasteiger partial charge in [-0.1, -0.05) is 12.1 Å². The van der Waals surface area contributed by atoms with E-state index in [4.69, 9.17) is 15.2 Å². The third kappa shape index (κ3) is 4.23. The summed E-state index contributed by atoms with van der Waals surface area (Å²) in [4.78, 5) is 42.9. The summed E-state index contributed by atoms with van der Waals surface area (Å²) in [7, 11) is 0. The van der Waals surface area contributed by atoms with E-state index in [1.54, 1.807) is 11.0 Å². The second-order valence-corrected chi connectivity index (χ2v) is 9.92. The molecule has 2 aliphatic heterocycles. The van der Waals surface area contributed by atoms with Gasteiger partial charge in [-0.25, -0.2) is 0 Å². The standard InChI is InChI=1S/C24H28N4O5S/c1-14(22(30)26-23-20(21(25)29)15-5-4-8-19(15)34-23)27-9-11-28(12-10-27)24(31)18-13-32-16-6-2-3-7-17(16)33-18/h2-3,6-7,14,18H,4-5,8-13H2,1H3,(H2,25,29)(H,26,30)/t14-,18-/m0/s1. The number of ether oxygens (including phenoxy) is 2. The van der Waals surface area contributed by atoms with Gasteiger partial charge in [0.15, 0.2) is 11.5 Å². The van der Waals surface area contributed by atoms with Crippen molar-refractivity contribution in [3.8, 4) is 11.5 Å². The molecule has 0 unspecified atom stereocenters. The molecule has 3 heterocycles. The highest BCUT2D eigenvalue weighted by molar-refractivity contribution is 7.17. The fourth-order valence-corrected chi connectivity index (χ4v) is 6.11. The van der Waals surface area contributed by atoms with Crippen LogP contribution >= 0.6 is 11.3 Å². The minimum atomic E-state index is -0.671. The summed E-state index contributed by atoms with van der Waals surface area (Å²) in [6, 6.07) is 6.91. The van der Waals surface area contributed by atoms with Crippen LogP contribution in [-0.4, -0.2) is 72.5 Å². The summed E-state index contributed by atoms with van der Waals surface area (Å²) < 4.78 is 11.5. The maximum absolute atomic E-state index is 13.0. The quantitative estimate of drug-likeness (QED) is 0.667. The molecule has 0 spiro atoms. The molecule has 2 aromatic rings. The number of carbonyl (C=O) groups is 3. The normalized spacial score (nSPS) is 20.5. The summed E-state index contributed by atoms with van der Waals surface area (Å²) >= 11 is 1.45. The third-order valence-corrected chi connectivity index (χ3v) is 7.95. The Morgan fingerprint density at radius 1 is 1.12 bits per heavy atom. The van der Waals surface area contributed by atoms with Crippen LogP contribution in [0.5, 0.6) is 11.5 Å². The van der Waals surface area contributed by atoms with Crippen molar-refractivity contribution in [3.63, 3.8) is 0 Å². The summed E-state index contributed by atoms with van der Waals surface area (Å²) in [6.45, 7) is 4.15. The lowest BCUT2D eigenvalue weighted by Gasteiger charge is -2.39. The number of benzene rings is 1. The van der Waals surface area contributed by atoms with Gasteiger partial charge >= 0.3 is 0 Å². The average Bonchev–Trinajstić information content (AvgIpc) is 3.43. The highest BCUT2D eigenvalue weighted by atomic mass is 32.1. The Labute approximate surface area is 201 Å². The van der Waals surface area contributed by atoms with Crippen LogP contribution in [0.3, 0.4) is 0 Å². The number of primary amides is 1. The van der Waals surface area contributed by atoms with Crippen molar-refractivity contribution >= 4 is 34.1 Å². The van der Waals surface area contributed by atoms with Crippen LogP contribution in [0.1, 0.15) is 34.1 Å². The van der Waals surface area contributed by atoms with Gasteiger partial charge in [0.1, 0.15) is 11.6 Å². The number of thiophene rings is 1. The highest BCUT2D eigenvalue weighted by Crippen LogP contribution is 2.39. The van der Waals surface area contributed by atoms with Gasteiger partial charge in [0.25, 0.3) is 11.8 Å². The molecule has 34 heavy (non-hydrogen) atoms. The predicted octanol–water partition coefficient (Wildman–Crippen LogP) is 1.65. The zero-order chi connectivity index (χ0) is 23.8. The molecule has 180 valence electrons. The highest BCUT2D eigenvalue weighted by Gasteiger charge is 2.35. The monoisotopic (exact) mass is 484 g/mol. The fourth-order valence-electron chi connectivity index (χ4n) is 4.81. The zero-order valence-electron chi connectivity index (χ0n) is 19.0. The van der Waals surface area contributed by atoms with Crippen molar-refractivity contribution in [2.75, 3.05) is 38.1 Å². The summed E-state index contributed by atoms with van der Waals surface area (Å²) in [5, 5.41) is 3.49. The number of carbonyl (C=O) groups excluding carboxylic acids is 3. The number of amides is 3. The van der Waals surface area contributed by atoms with Crippen LogP contribution in [0.2, 0.25) is 0 Å². The number of nitrogens with two attached hydrogens (primary N) is 1. The summed E-state index contributed by atoms with van der Waals surface area (Å²) in [5.41, 5.74) is 7.06. The van der Waals surface area contributed by atoms with E-state index in [0.717, 1.165) is 29.7 Å². The molecule has 3 aliphatic rings. The van der Waals surface area contributed by atoms with Gasteiger partial charge in [0, 0.05) is 31.1 Å². The number of anilines is 1. The minimum absolute atomic E-state index is 0.106. The minimum Gasteiger partial charge on any atom is -0.485 e. The number of hydrogen-bond acceptors (Lipinski definition) is 7. The lowest BCUT2D eigenvalue weighted by molar-refractivity contribution is -0.143. The molecule has 5 rings (SSSR count). The Morgan fingerprint density at radius 2 is 1.85 bits per heavy atom. The van der Waals surface area contributed by atoms with E-state index in [0.29, 0.717) is 48.2 Å². The van der Waals surface area contributed by atoms with Crippen LogP contribution in [0.4, 0.5) is 5.00 Å². The first-order valence-corrected chi connectivity index (χ1v) is 12.4. The Morgan fingerprint density at radius 3 is 2.59 bits per heavy atom. The lowest BCUT2D eigenvalue weighted by Crippen LogP contribution is -2.57. The second-order valence-electron chi connectivity index (χ2n) is 8.82. The molecule has 3 amide bonds. The van der Waals surface area contributed by atoms with Crippen LogP contribution in [0.25, 0.3) is 0 Å². The van der Waals surface area contributed by atoms with Crippen molar-refractivity contribution in [3.05, 3.63) is 40.3 Å². The van der Waals surface area contributed by atoms with Crippen LogP contribution < -0.4 is 20.5 Å². The Bertz CT molecular complexity index is 1120. The van der Waals surface area contributed by atoms with Gasteiger partial charge in [-0.05, 0) is 43.9 Å². The van der Waals surface area contributed by atoms with E-state index >= 15 is 0 Å². The van der Waals surface area contributed by atoms with E-state index in [1.807, 2.05) is 30.0 Å². The second kappa shape index (κ2) is 9.27. The van der Waals surface area contributed by atoms with Crippen molar-refractivity contribution in [1.82, 2.24) is 9.80 Å². The zero-order valence-corrected chi connectivity index (χ0v) is 19.9. The van der Waals surface area contributed by atoms with Crippen molar-refractivity contribution in [2.24, 2.45) is 5.73 Å². The number of fused-ring (bicyclic) bond motifs is 2. The molecule has 10 heteroatoms. The number of piperazine rings is 1. The van der Waals surface area contributed by atoms with E-state index in [9.17, 15) is 14.4 Å².